The molecule has 0 aromatic heterocycles. The fourth-order valence-corrected chi connectivity index (χ4v) is 5.45. The van der Waals surface area contributed by atoms with E-state index in [0.29, 0.717) is 27.7 Å². The van der Waals surface area contributed by atoms with Gasteiger partial charge in [0.1, 0.15) is 12.3 Å². The van der Waals surface area contributed by atoms with Gasteiger partial charge < -0.3 is 10.1 Å². The first-order valence-electron chi connectivity index (χ1n) is 12.1. The van der Waals surface area contributed by atoms with Crippen LogP contribution in [0.4, 0.5) is 11.4 Å². The number of ether oxygens (including phenoxy) is 1. The molecule has 0 aliphatic heterocycles. The van der Waals surface area contributed by atoms with Gasteiger partial charge in [-0.3, -0.25) is 13.9 Å². The van der Waals surface area contributed by atoms with Crippen molar-refractivity contribution in [2.75, 3.05) is 22.8 Å². The lowest BCUT2D eigenvalue weighted by molar-refractivity contribution is -0.119. The average molecular weight is 656 g/mol. The van der Waals surface area contributed by atoms with Crippen LogP contribution in [-0.2, 0) is 19.6 Å². The monoisotopic (exact) mass is 654 g/mol. The molecule has 4 rings (SSSR count). The number of hydrogen-bond acceptors (Lipinski definition) is 6. The lowest BCUT2D eigenvalue weighted by Crippen LogP contribution is -2.39. The molecule has 0 saturated heterocycles. The minimum atomic E-state index is -4.02. The molecule has 0 fully saturated rings. The van der Waals surface area contributed by atoms with Crippen LogP contribution in [0.15, 0.2) is 118 Å². The van der Waals surface area contributed by atoms with E-state index in [4.69, 9.17) is 16.3 Å². The zero-order valence-electron chi connectivity index (χ0n) is 21.4. The normalized spacial score (nSPS) is 11.2. The number of hydrazone groups is 1. The maximum atomic E-state index is 13.3. The van der Waals surface area contributed by atoms with Gasteiger partial charge >= 0.3 is 0 Å². The Morgan fingerprint density at radius 3 is 2.29 bits per heavy atom. The summed E-state index contributed by atoms with van der Waals surface area (Å²) in [6, 6.07) is 27.9. The summed E-state index contributed by atoms with van der Waals surface area (Å²) in [5.74, 6) is -0.509. The van der Waals surface area contributed by atoms with Crippen LogP contribution in [0, 0.1) is 0 Å². The predicted octanol–water partition coefficient (Wildman–Crippen LogP) is 5.47. The van der Waals surface area contributed by atoms with Crippen LogP contribution >= 0.6 is 27.5 Å². The van der Waals surface area contributed by atoms with E-state index in [1.165, 1.54) is 18.3 Å². The number of halogens is 2. The van der Waals surface area contributed by atoms with Crippen LogP contribution in [0.1, 0.15) is 5.56 Å². The van der Waals surface area contributed by atoms with Crippen molar-refractivity contribution < 1.29 is 22.7 Å². The number of nitrogens with one attached hydrogen (secondary N) is 2. The Morgan fingerprint density at radius 2 is 1.61 bits per heavy atom. The summed E-state index contributed by atoms with van der Waals surface area (Å²) in [5, 5.41) is 7.15. The standard InChI is InChI=1S/C29H24BrClN4O5S/c30-22-11-13-25(14-12-22)35(41(38,39)27-7-2-1-3-8-27)19-28(36)34-32-18-21-9-15-26(16-10-21)40-20-29(37)33-24-6-4-5-23(31)17-24/h1-18H,19-20H2,(H,33,37)(H,34,36)/b32-18-. The molecule has 0 spiro atoms. The highest BCUT2D eigenvalue weighted by atomic mass is 79.9. The van der Waals surface area contributed by atoms with Crippen LogP contribution in [-0.4, -0.2) is 39.6 Å². The lowest BCUT2D eigenvalue weighted by atomic mass is 10.2. The van der Waals surface area contributed by atoms with Crippen LogP contribution in [0.3, 0.4) is 0 Å². The van der Waals surface area contributed by atoms with Crippen LogP contribution in [0.25, 0.3) is 0 Å². The summed E-state index contributed by atoms with van der Waals surface area (Å²) in [6.07, 6.45) is 1.41. The number of hydrogen-bond donors (Lipinski definition) is 2. The van der Waals surface area contributed by atoms with E-state index >= 15 is 0 Å². The molecular formula is C29H24BrClN4O5S. The average Bonchev–Trinajstić information content (AvgIpc) is 2.96. The summed E-state index contributed by atoms with van der Waals surface area (Å²) in [4.78, 5) is 24.9. The Hall–Kier alpha value is -4.19. The molecule has 210 valence electrons. The van der Waals surface area contributed by atoms with E-state index in [1.54, 1.807) is 91.0 Å². The van der Waals surface area contributed by atoms with Crippen molar-refractivity contribution in [1.82, 2.24) is 5.43 Å². The van der Waals surface area contributed by atoms with Crippen molar-refractivity contribution in [1.29, 1.82) is 0 Å². The van der Waals surface area contributed by atoms with Gasteiger partial charge in [0.05, 0.1) is 16.8 Å². The number of rotatable bonds is 11. The molecule has 0 atom stereocenters. The lowest BCUT2D eigenvalue weighted by Gasteiger charge is -2.23. The van der Waals surface area contributed by atoms with Gasteiger partial charge in [-0.25, -0.2) is 13.8 Å². The minimum absolute atomic E-state index is 0.0588. The van der Waals surface area contributed by atoms with Gasteiger partial charge in [-0.2, -0.15) is 5.10 Å². The van der Waals surface area contributed by atoms with Crippen molar-refractivity contribution >= 4 is 67.0 Å². The summed E-state index contributed by atoms with van der Waals surface area (Å²) in [5.41, 5.74) is 3.90. The Labute approximate surface area is 251 Å². The van der Waals surface area contributed by atoms with Gasteiger partial charge in [0.25, 0.3) is 21.8 Å². The smallest absolute Gasteiger partial charge is 0.264 e. The molecule has 12 heteroatoms. The molecule has 4 aromatic rings. The molecule has 0 bridgehead atoms. The number of nitrogens with zero attached hydrogens (tertiary/aromatic N) is 2. The van der Waals surface area contributed by atoms with E-state index in [2.05, 4.69) is 31.8 Å². The molecule has 41 heavy (non-hydrogen) atoms. The van der Waals surface area contributed by atoms with E-state index in [0.717, 1.165) is 8.78 Å². The first-order chi connectivity index (χ1) is 19.7. The van der Waals surface area contributed by atoms with Gasteiger partial charge in [0.2, 0.25) is 0 Å². The largest absolute Gasteiger partial charge is 0.484 e. The molecule has 9 nitrogen and oxygen atoms in total. The summed E-state index contributed by atoms with van der Waals surface area (Å²) in [7, 11) is -4.02. The van der Waals surface area contributed by atoms with Gasteiger partial charge in [-0.1, -0.05) is 51.8 Å². The third-order valence-electron chi connectivity index (χ3n) is 5.49. The first-order valence-corrected chi connectivity index (χ1v) is 14.8. The van der Waals surface area contributed by atoms with E-state index in [9.17, 15) is 18.0 Å². The maximum Gasteiger partial charge on any atom is 0.264 e. The van der Waals surface area contributed by atoms with Crippen molar-refractivity contribution in [2.45, 2.75) is 4.90 Å². The molecular weight excluding hydrogens is 632 g/mol. The first kappa shape index (κ1) is 29.8. The highest BCUT2D eigenvalue weighted by Crippen LogP contribution is 2.25. The Balaban J connectivity index is 1.33. The molecule has 2 N–H and O–H groups in total. The van der Waals surface area contributed by atoms with Gasteiger partial charge in [-0.15, -0.1) is 0 Å². The zero-order valence-corrected chi connectivity index (χ0v) is 24.6. The van der Waals surface area contributed by atoms with Crippen molar-refractivity contribution in [3.63, 3.8) is 0 Å². The third kappa shape index (κ3) is 8.65. The summed E-state index contributed by atoms with van der Waals surface area (Å²) < 4.78 is 34.0. The number of sulfonamides is 1. The quantitative estimate of drug-likeness (QED) is 0.164. The highest BCUT2D eigenvalue weighted by Gasteiger charge is 2.27. The summed E-state index contributed by atoms with van der Waals surface area (Å²) >= 11 is 9.25. The number of carbonyl (C=O) groups is 2. The third-order valence-corrected chi connectivity index (χ3v) is 8.05. The summed E-state index contributed by atoms with van der Waals surface area (Å²) in [6.45, 7) is -0.684. The number of anilines is 2. The van der Waals surface area contributed by atoms with E-state index in [1.807, 2.05) is 0 Å². The Kier molecular flexibility index (Phi) is 10.1. The molecule has 0 saturated carbocycles. The second-order valence-electron chi connectivity index (χ2n) is 8.51. The second-order valence-corrected chi connectivity index (χ2v) is 11.7. The van der Waals surface area contributed by atoms with Gasteiger partial charge in [-0.05, 0) is 84.4 Å². The molecule has 0 unspecified atom stereocenters. The van der Waals surface area contributed by atoms with Crippen molar-refractivity contribution in [3.05, 3.63) is 118 Å². The Bertz CT molecular complexity index is 1630. The SMILES string of the molecule is O=C(CN(c1ccc(Br)cc1)S(=O)(=O)c1ccccc1)N/N=C\c1ccc(OCC(=O)Nc2cccc(Cl)c2)cc1. The topological polar surface area (TPSA) is 117 Å². The van der Waals surface area contributed by atoms with Gasteiger partial charge in [0.15, 0.2) is 6.61 Å². The molecule has 0 radical (unpaired) electrons. The van der Waals surface area contributed by atoms with E-state index < -0.39 is 22.5 Å². The molecule has 0 aliphatic rings. The predicted molar refractivity (Wildman–Crippen MR) is 163 cm³/mol. The number of benzene rings is 4. The van der Waals surface area contributed by atoms with Crippen LogP contribution in [0.5, 0.6) is 5.75 Å². The van der Waals surface area contributed by atoms with Gasteiger partial charge in [0, 0.05) is 15.2 Å². The van der Waals surface area contributed by atoms with Crippen LogP contribution < -0.4 is 19.8 Å². The molecule has 4 aromatic carbocycles. The Morgan fingerprint density at radius 1 is 0.902 bits per heavy atom. The molecule has 0 aliphatic carbocycles. The number of amides is 2. The fraction of sp³-hybridized carbons (Fsp3) is 0.0690. The number of carbonyl (C=O) groups excluding carboxylic acids is 2. The maximum absolute atomic E-state index is 13.3. The second kappa shape index (κ2) is 13.9. The molecule has 0 heterocycles. The van der Waals surface area contributed by atoms with E-state index in [-0.39, 0.29) is 17.4 Å². The fourth-order valence-electron chi connectivity index (χ4n) is 3.55. The van der Waals surface area contributed by atoms with Crippen molar-refractivity contribution in [2.24, 2.45) is 5.10 Å². The van der Waals surface area contributed by atoms with Crippen LogP contribution in [0.2, 0.25) is 5.02 Å². The highest BCUT2D eigenvalue weighted by molar-refractivity contribution is 9.10. The van der Waals surface area contributed by atoms with Crippen molar-refractivity contribution in [3.8, 4) is 5.75 Å². The minimum Gasteiger partial charge on any atom is -0.484 e. The molecule has 2 amide bonds. The zero-order chi connectivity index (χ0) is 29.2.